The number of hydrogen-bond acceptors (Lipinski definition) is 3. The van der Waals surface area contributed by atoms with Crippen LogP contribution in [0.15, 0.2) is 54.6 Å². The van der Waals surface area contributed by atoms with Crippen molar-refractivity contribution < 1.29 is 14.3 Å². The van der Waals surface area contributed by atoms with Gasteiger partial charge in [0.2, 0.25) is 5.91 Å². The van der Waals surface area contributed by atoms with Crippen LogP contribution in [0.4, 0.5) is 0 Å². The van der Waals surface area contributed by atoms with Gasteiger partial charge >= 0.3 is 5.97 Å². The lowest BCUT2D eigenvalue weighted by Crippen LogP contribution is -2.46. The van der Waals surface area contributed by atoms with Crippen LogP contribution >= 0.6 is 0 Å². The van der Waals surface area contributed by atoms with Crippen LogP contribution in [0.1, 0.15) is 42.4 Å². The molecule has 0 saturated heterocycles. The molecule has 1 aliphatic carbocycles. The number of amides is 1. The van der Waals surface area contributed by atoms with Crippen LogP contribution in [0.25, 0.3) is 0 Å². The van der Waals surface area contributed by atoms with Crippen molar-refractivity contribution in [1.82, 2.24) is 0 Å². The number of ether oxygens (including phenoxy) is 1. The summed E-state index contributed by atoms with van der Waals surface area (Å²) in [7, 11) is 0. The van der Waals surface area contributed by atoms with Gasteiger partial charge in [0.05, 0.1) is 17.9 Å². The fraction of sp³-hybridized carbons (Fsp3) is 0.300. The number of nitrogens with two attached hydrogens (primary N) is 1. The van der Waals surface area contributed by atoms with E-state index < -0.39 is 5.41 Å². The van der Waals surface area contributed by atoms with Crippen molar-refractivity contribution in [2.24, 2.45) is 5.73 Å². The predicted molar refractivity (Wildman–Crippen MR) is 91.5 cm³/mol. The predicted octanol–water partition coefficient (Wildman–Crippen LogP) is 2.90. The number of primary amides is 1. The molecule has 2 atom stereocenters. The van der Waals surface area contributed by atoms with Gasteiger partial charge in [0.1, 0.15) is 0 Å². The number of esters is 1. The molecule has 1 unspecified atom stereocenters. The van der Waals surface area contributed by atoms with Crippen LogP contribution in [0.5, 0.6) is 0 Å². The topological polar surface area (TPSA) is 69.4 Å². The summed E-state index contributed by atoms with van der Waals surface area (Å²) in [6, 6.07) is 17.1. The third-order valence-corrected chi connectivity index (χ3v) is 4.86. The maximum atomic E-state index is 12.5. The molecule has 4 nitrogen and oxygen atoms in total. The highest BCUT2D eigenvalue weighted by Gasteiger charge is 2.47. The summed E-state index contributed by atoms with van der Waals surface area (Å²) in [5.41, 5.74) is 7.49. The fourth-order valence-electron chi connectivity index (χ4n) is 3.75. The number of rotatable bonds is 4. The van der Waals surface area contributed by atoms with E-state index in [4.69, 9.17) is 10.5 Å². The molecule has 2 N–H and O–H groups in total. The molecule has 2 aromatic carbocycles. The summed E-state index contributed by atoms with van der Waals surface area (Å²) in [6.07, 6.45) is 1.03. The average Bonchev–Trinajstić information content (AvgIpc) is 2.61. The highest BCUT2D eigenvalue weighted by molar-refractivity contribution is 5.93. The van der Waals surface area contributed by atoms with E-state index in [1.807, 2.05) is 54.6 Å². The van der Waals surface area contributed by atoms with Gasteiger partial charge in [-0.25, -0.2) is 0 Å². The minimum Gasteiger partial charge on any atom is -0.466 e. The van der Waals surface area contributed by atoms with E-state index in [9.17, 15) is 9.59 Å². The minimum atomic E-state index is -0.902. The number of carbonyl (C=O) groups is 2. The molecule has 0 fully saturated rings. The first-order valence-electron chi connectivity index (χ1n) is 8.22. The highest BCUT2D eigenvalue weighted by atomic mass is 16.5. The lowest BCUT2D eigenvalue weighted by atomic mass is 9.63. The van der Waals surface area contributed by atoms with Gasteiger partial charge in [0, 0.05) is 0 Å². The SMILES string of the molecule is CCOC(=O)[C@@H]1CCC(C(N)=O)(c2ccccc2)c2ccccc21. The van der Waals surface area contributed by atoms with Crippen LogP contribution in [-0.4, -0.2) is 18.5 Å². The normalized spacial score (nSPS) is 22.5. The Kier molecular flexibility index (Phi) is 4.38. The second-order valence-electron chi connectivity index (χ2n) is 6.07. The highest BCUT2D eigenvalue weighted by Crippen LogP contribution is 2.47. The van der Waals surface area contributed by atoms with Crippen molar-refractivity contribution in [2.45, 2.75) is 31.1 Å². The zero-order valence-electron chi connectivity index (χ0n) is 13.7. The number of carbonyl (C=O) groups excluding carboxylic acids is 2. The fourth-order valence-corrected chi connectivity index (χ4v) is 3.75. The zero-order chi connectivity index (χ0) is 17.2. The number of fused-ring (bicyclic) bond motifs is 1. The molecule has 0 bridgehead atoms. The smallest absolute Gasteiger partial charge is 0.313 e. The van der Waals surface area contributed by atoms with Gasteiger partial charge in [0.25, 0.3) is 0 Å². The van der Waals surface area contributed by atoms with Crippen LogP contribution < -0.4 is 5.73 Å². The molecule has 3 rings (SSSR count). The lowest BCUT2D eigenvalue weighted by Gasteiger charge is -2.39. The molecule has 0 aromatic heterocycles. The first kappa shape index (κ1) is 16.2. The van der Waals surface area contributed by atoms with Crippen molar-refractivity contribution in [1.29, 1.82) is 0 Å². The third kappa shape index (κ3) is 2.48. The summed E-state index contributed by atoms with van der Waals surface area (Å²) in [5, 5.41) is 0. The molecule has 0 radical (unpaired) electrons. The molecule has 0 heterocycles. The van der Waals surface area contributed by atoms with E-state index in [0.717, 1.165) is 16.7 Å². The second-order valence-corrected chi connectivity index (χ2v) is 6.07. The van der Waals surface area contributed by atoms with Crippen LogP contribution in [-0.2, 0) is 19.7 Å². The number of hydrogen-bond donors (Lipinski definition) is 1. The van der Waals surface area contributed by atoms with Crippen molar-refractivity contribution in [3.05, 3.63) is 71.3 Å². The summed E-state index contributed by atoms with van der Waals surface area (Å²) >= 11 is 0. The van der Waals surface area contributed by atoms with Gasteiger partial charge in [0.15, 0.2) is 0 Å². The quantitative estimate of drug-likeness (QED) is 0.880. The number of benzene rings is 2. The third-order valence-electron chi connectivity index (χ3n) is 4.86. The molecule has 24 heavy (non-hydrogen) atoms. The molecular formula is C20H21NO3. The molecule has 0 aliphatic heterocycles. The average molecular weight is 323 g/mol. The molecule has 0 spiro atoms. The Morgan fingerprint density at radius 1 is 1.12 bits per heavy atom. The molecule has 0 saturated carbocycles. The Balaban J connectivity index is 2.18. The van der Waals surface area contributed by atoms with Crippen molar-refractivity contribution in [2.75, 3.05) is 6.61 Å². The van der Waals surface area contributed by atoms with Crippen molar-refractivity contribution in [3.8, 4) is 0 Å². The molecule has 124 valence electrons. The first-order valence-corrected chi connectivity index (χ1v) is 8.22. The Morgan fingerprint density at radius 3 is 2.46 bits per heavy atom. The van der Waals surface area contributed by atoms with Crippen LogP contribution in [0.3, 0.4) is 0 Å². The summed E-state index contributed by atoms with van der Waals surface area (Å²) in [6.45, 7) is 2.14. The van der Waals surface area contributed by atoms with Crippen LogP contribution in [0, 0.1) is 0 Å². The minimum absolute atomic E-state index is 0.240. The van der Waals surface area contributed by atoms with E-state index in [0.29, 0.717) is 19.4 Å². The monoisotopic (exact) mass is 323 g/mol. The largest absolute Gasteiger partial charge is 0.466 e. The van der Waals surface area contributed by atoms with E-state index in [1.165, 1.54) is 0 Å². The Hall–Kier alpha value is -2.62. The Morgan fingerprint density at radius 2 is 1.79 bits per heavy atom. The van der Waals surface area contributed by atoms with Gasteiger partial charge in [-0.05, 0) is 36.5 Å². The Bertz CT molecular complexity index is 756. The van der Waals surface area contributed by atoms with E-state index >= 15 is 0 Å². The zero-order valence-corrected chi connectivity index (χ0v) is 13.7. The van der Waals surface area contributed by atoms with Gasteiger partial charge in [-0.15, -0.1) is 0 Å². The summed E-state index contributed by atoms with van der Waals surface area (Å²) in [5.74, 6) is -0.975. The molecule has 4 heteroatoms. The van der Waals surface area contributed by atoms with E-state index in [1.54, 1.807) is 6.92 Å². The molecule has 2 aromatic rings. The maximum Gasteiger partial charge on any atom is 0.313 e. The van der Waals surface area contributed by atoms with Gasteiger partial charge < -0.3 is 10.5 Å². The summed E-state index contributed by atoms with van der Waals surface area (Å²) < 4.78 is 5.22. The standard InChI is InChI=1S/C20H21NO3/c1-2-24-18(22)16-12-13-20(19(21)23,14-8-4-3-5-9-14)17-11-7-6-10-15(16)17/h3-11,16H,2,12-13H2,1H3,(H2,21,23)/t16-,20?/m1/s1. The first-order chi connectivity index (χ1) is 11.6. The second kappa shape index (κ2) is 6.48. The van der Waals surface area contributed by atoms with Crippen LogP contribution in [0.2, 0.25) is 0 Å². The molecule has 1 amide bonds. The van der Waals surface area contributed by atoms with E-state index in [-0.39, 0.29) is 17.8 Å². The van der Waals surface area contributed by atoms with Gasteiger partial charge in [-0.3, -0.25) is 9.59 Å². The van der Waals surface area contributed by atoms with Gasteiger partial charge in [-0.2, -0.15) is 0 Å². The lowest BCUT2D eigenvalue weighted by molar-refractivity contribution is -0.145. The van der Waals surface area contributed by atoms with E-state index in [2.05, 4.69) is 0 Å². The van der Waals surface area contributed by atoms with Crippen molar-refractivity contribution in [3.63, 3.8) is 0 Å². The maximum absolute atomic E-state index is 12.5. The Labute approximate surface area is 141 Å². The van der Waals surface area contributed by atoms with Crippen molar-refractivity contribution >= 4 is 11.9 Å². The molecular weight excluding hydrogens is 302 g/mol. The summed E-state index contributed by atoms with van der Waals surface area (Å²) in [4.78, 5) is 24.9. The van der Waals surface area contributed by atoms with Gasteiger partial charge in [-0.1, -0.05) is 54.6 Å². The molecule has 1 aliphatic rings.